The summed E-state index contributed by atoms with van der Waals surface area (Å²) in [5.41, 5.74) is 0. The van der Waals surface area contributed by atoms with Crippen molar-refractivity contribution in [3.8, 4) is 5.75 Å². The molecule has 1 nitrogen and oxygen atoms in total. The molecule has 0 aliphatic rings. The summed E-state index contributed by atoms with van der Waals surface area (Å²) in [4.78, 5) is 0. The lowest BCUT2D eigenvalue weighted by molar-refractivity contribution is 0.185. The lowest BCUT2D eigenvalue weighted by Gasteiger charge is -2.10. The molecule has 15 heavy (non-hydrogen) atoms. The van der Waals surface area contributed by atoms with E-state index in [2.05, 4.69) is 15.9 Å². The second-order valence-electron chi connectivity index (χ2n) is 2.99. The molecule has 1 aromatic carbocycles. The van der Waals surface area contributed by atoms with Gasteiger partial charge in [0.1, 0.15) is 12.8 Å². The first-order chi connectivity index (χ1) is 7.06. The minimum absolute atomic E-state index is 0.0136. The maximum atomic E-state index is 13.2. The Morgan fingerprint density at radius 2 is 2.00 bits per heavy atom. The molecule has 0 amide bonds. The van der Waals surface area contributed by atoms with Gasteiger partial charge in [-0.3, -0.25) is 0 Å². The predicted octanol–water partition coefficient (Wildman–Crippen LogP) is 3.85. The average molecular weight is 283 g/mol. The van der Waals surface area contributed by atoms with Gasteiger partial charge in [-0.25, -0.2) is 8.78 Å². The molecular formula is C10H10BrF3O. The molecule has 0 fully saturated rings. The lowest BCUT2D eigenvalue weighted by atomic mass is 10.3. The summed E-state index contributed by atoms with van der Waals surface area (Å²) in [7, 11) is 0. The van der Waals surface area contributed by atoms with Gasteiger partial charge in [0.15, 0.2) is 11.6 Å². The van der Waals surface area contributed by atoms with Crippen LogP contribution in [0.25, 0.3) is 0 Å². The third kappa shape index (κ3) is 3.12. The van der Waals surface area contributed by atoms with Crippen molar-refractivity contribution in [1.29, 1.82) is 0 Å². The van der Waals surface area contributed by atoms with Crippen molar-refractivity contribution in [3.63, 3.8) is 0 Å². The minimum Gasteiger partial charge on any atom is -0.487 e. The number of benzene rings is 1. The molecule has 1 unspecified atom stereocenters. The highest BCUT2D eigenvalue weighted by Gasteiger charge is 2.14. The van der Waals surface area contributed by atoms with E-state index in [1.165, 1.54) is 12.1 Å². The van der Waals surface area contributed by atoms with Crippen molar-refractivity contribution in [2.75, 3.05) is 6.61 Å². The Balaban J connectivity index is 2.74. The molecular weight excluding hydrogens is 273 g/mol. The van der Waals surface area contributed by atoms with Gasteiger partial charge in [0.25, 0.3) is 0 Å². The number of ether oxygens (including phenoxy) is 1. The van der Waals surface area contributed by atoms with E-state index < -0.39 is 17.8 Å². The third-order valence-corrected chi connectivity index (χ3v) is 2.47. The van der Waals surface area contributed by atoms with E-state index in [4.69, 9.17) is 4.74 Å². The number of halogens is 4. The highest BCUT2D eigenvalue weighted by Crippen LogP contribution is 2.26. The van der Waals surface area contributed by atoms with Crippen LogP contribution >= 0.6 is 15.9 Å². The quantitative estimate of drug-likeness (QED) is 0.762. The molecule has 0 aromatic heterocycles. The fourth-order valence-corrected chi connectivity index (χ4v) is 1.22. The Kier molecular flexibility index (Phi) is 4.45. The fourth-order valence-electron chi connectivity index (χ4n) is 0.918. The van der Waals surface area contributed by atoms with Crippen molar-refractivity contribution in [3.05, 3.63) is 28.2 Å². The topological polar surface area (TPSA) is 9.23 Å². The van der Waals surface area contributed by atoms with Crippen LogP contribution in [0.2, 0.25) is 0 Å². The van der Waals surface area contributed by atoms with Crippen LogP contribution in [0.4, 0.5) is 13.2 Å². The maximum Gasteiger partial charge on any atom is 0.201 e. The Bertz CT molecular complexity index is 344. The van der Waals surface area contributed by atoms with E-state index in [1.54, 1.807) is 6.92 Å². The molecule has 1 aromatic rings. The molecule has 0 saturated carbocycles. The molecule has 0 saturated heterocycles. The monoisotopic (exact) mass is 282 g/mol. The van der Waals surface area contributed by atoms with Gasteiger partial charge in [0.05, 0.1) is 4.47 Å². The summed E-state index contributed by atoms with van der Waals surface area (Å²) >= 11 is 2.83. The average Bonchev–Trinajstić information content (AvgIpc) is 2.24. The van der Waals surface area contributed by atoms with E-state index >= 15 is 0 Å². The van der Waals surface area contributed by atoms with Gasteiger partial charge in [-0.2, -0.15) is 4.39 Å². The Hall–Kier alpha value is -0.710. The van der Waals surface area contributed by atoms with Gasteiger partial charge in [-0.1, -0.05) is 6.92 Å². The lowest BCUT2D eigenvalue weighted by Crippen LogP contribution is -2.12. The van der Waals surface area contributed by atoms with Crippen LogP contribution in [0.5, 0.6) is 5.75 Å². The molecule has 1 atom stereocenters. The van der Waals surface area contributed by atoms with E-state index in [9.17, 15) is 13.2 Å². The van der Waals surface area contributed by atoms with Crippen LogP contribution in [0.15, 0.2) is 16.6 Å². The Morgan fingerprint density at radius 3 is 2.60 bits per heavy atom. The van der Waals surface area contributed by atoms with Crippen LogP contribution < -0.4 is 4.74 Å². The van der Waals surface area contributed by atoms with Crippen molar-refractivity contribution in [2.24, 2.45) is 0 Å². The van der Waals surface area contributed by atoms with Crippen LogP contribution in [0.1, 0.15) is 13.3 Å². The number of hydrogen-bond acceptors (Lipinski definition) is 1. The van der Waals surface area contributed by atoms with E-state index in [1.807, 2.05) is 0 Å². The zero-order chi connectivity index (χ0) is 11.4. The van der Waals surface area contributed by atoms with E-state index in [0.717, 1.165) is 0 Å². The molecule has 0 aliphatic carbocycles. The van der Waals surface area contributed by atoms with Crippen molar-refractivity contribution >= 4 is 15.9 Å². The Labute approximate surface area is 94.4 Å². The SMILES string of the molecule is CCC(F)COc1ccc(Br)c(F)c1F. The molecule has 0 radical (unpaired) electrons. The van der Waals surface area contributed by atoms with Crippen molar-refractivity contribution < 1.29 is 17.9 Å². The highest BCUT2D eigenvalue weighted by atomic mass is 79.9. The fraction of sp³-hybridized carbons (Fsp3) is 0.400. The first-order valence-electron chi connectivity index (χ1n) is 4.46. The summed E-state index contributed by atoms with van der Waals surface area (Å²) in [6.07, 6.45) is -0.892. The van der Waals surface area contributed by atoms with Crippen LogP contribution in [0.3, 0.4) is 0 Å². The first-order valence-corrected chi connectivity index (χ1v) is 5.26. The highest BCUT2D eigenvalue weighted by molar-refractivity contribution is 9.10. The summed E-state index contributed by atoms with van der Waals surface area (Å²) in [5.74, 6) is -2.40. The summed E-state index contributed by atoms with van der Waals surface area (Å²) < 4.78 is 43.8. The van der Waals surface area contributed by atoms with E-state index in [-0.39, 0.29) is 23.2 Å². The second-order valence-corrected chi connectivity index (χ2v) is 3.84. The summed E-state index contributed by atoms with van der Waals surface area (Å²) in [6.45, 7) is 1.38. The van der Waals surface area contributed by atoms with Crippen LogP contribution in [-0.2, 0) is 0 Å². The largest absolute Gasteiger partial charge is 0.487 e. The molecule has 0 heterocycles. The molecule has 1 rings (SSSR count). The zero-order valence-electron chi connectivity index (χ0n) is 8.07. The third-order valence-electron chi connectivity index (χ3n) is 1.86. The summed E-state index contributed by atoms with van der Waals surface area (Å²) in [5, 5.41) is 0. The Morgan fingerprint density at radius 1 is 1.33 bits per heavy atom. The van der Waals surface area contributed by atoms with Gasteiger partial charge in [-0.05, 0) is 34.5 Å². The summed E-state index contributed by atoms with van der Waals surface area (Å²) in [6, 6.07) is 2.57. The standard InChI is InChI=1S/C10H10BrF3O/c1-2-6(12)5-15-8-4-3-7(11)9(13)10(8)14/h3-4,6H,2,5H2,1H3. The molecule has 84 valence electrons. The minimum atomic E-state index is -1.17. The number of rotatable bonds is 4. The first kappa shape index (κ1) is 12.4. The normalized spacial score (nSPS) is 12.6. The zero-order valence-corrected chi connectivity index (χ0v) is 9.65. The van der Waals surface area contributed by atoms with Crippen molar-refractivity contribution in [1.82, 2.24) is 0 Å². The molecule has 5 heteroatoms. The maximum absolute atomic E-state index is 13.2. The van der Waals surface area contributed by atoms with Crippen LogP contribution in [0, 0.1) is 11.6 Å². The van der Waals surface area contributed by atoms with Gasteiger partial charge in [0.2, 0.25) is 5.82 Å². The van der Waals surface area contributed by atoms with Gasteiger partial charge >= 0.3 is 0 Å². The van der Waals surface area contributed by atoms with Crippen molar-refractivity contribution in [2.45, 2.75) is 19.5 Å². The second kappa shape index (κ2) is 5.39. The molecule has 0 bridgehead atoms. The molecule has 0 N–H and O–H groups in total. The van der Waals surface area contributed by atoms with Crippen LogP contribution in [-0.4, -0.2) is 12.8 Å². The predicted molar refractivity (Wildman–Crippen MR) is 54.7 cm³/mol. The molecule has 0 aliphatic heterocycles. The van der Waals surface area contributed by atoms with Gasteiger partial charge in [-0.15, -0.1) is 0 Å². The number of hydrogen-bond donors (Lipinski definition) is 0. The smallest absolute Gasteiger partial charge is 0.201 e. The van der Waals surface area contributed by atoms with Gasteiger partial charge < -0.3 is 4.74 Å². The molecule has 0 spiro atoms. The van der Waals surface area contributed by atoms with Gasteiger partial charge in [0, 0.05) is 0 Å². The number of alkyl halides is 1. The van der Waals surface area contributed by atoms with E-state index in [0.29, 0.717) is 0 Å².